The van der Waals surface area contributed by atoms with E-state index in [1.54, 1.807) is 6.92 Å². The molecule has 6 heteroatoms. The highest BCUT2D eigenvalue weighted by Gasteiger charge is 2.14. The Balaban J connectivity index is 3.02. The van der Waals surface area contributed by atoms with Gasteiger partial charge in [0.25, 0.3) is 0 Å². The number of hydrogen-bond donors (Lipinski definition) is 4. The van der Waals surface area contributed by atoms with E-state index in [2.05, 4.69) is 5.32 Å². The molecular formula is C9H13ClFN3O. The minimum Gasteiger partial charge on any atom is -0.397 e. The van der Waals surface area contributed by atoms with Crippen LogP contribution in [-0.4, -0.2) is 17.8 Å². The van der Waals surface area contributed by atoms with Crippen LogP contribution in [0.1, 0.15) is 6.92 Å². The first-order valence-electron chi connectivity index (χ1n) is 4.38. The number of benzene rings is 1. The summed E-state index contributed by atoms with van der Waals surface area (Å²) in [5.41, 5.74) is 11.3. The fourth-order valence-corrected chi connectivity index (χ4v) is 1.24. The second kappa shape index (κ2) is 4.55. The number of nitrogens with one attached hydrogen (secondary N) is 1. The summed E-state index contributed by atoms with van der Waals surface area (Å²) in [4.78, 5) is 0. The van der Waals surface area contributed by atoms with E-state index in [9.17, 15) is 4.39 Å². The van der Waals surface area contributed by atoms with Gasteiger partial charge in [0.1, 0.15) is 5.02 Å². The Bertz CT molecular complexity index is 371. The van der Waals surface area contributed by atoms with Gasteiger partial charge in [-0.1, -0.05) is 11.6 Å². The maximum atomic E-state index is 13.5. The van der Waals surface area contributed by atoms with Crippen LogP contribution in [0.3, 0.4) is 0 Å². The van der Waals surface area contributed by atoms with Crippen molar-refractivity contribution in [3.63, 3.8) is 0 Å². The van der Waals surface area contributed by atoms with Gasteiger partial charge in [0.05, 0.1) is 23.2 Å². The number of aliphatic hydroxyl groups is 1. The van der Waals surface area contributed by atoms with Gasteiger partial charge in [-0.05, 0) is 13.0 Å². The van der Waals surface area contributed by atoms with Gasteiger partial charge in [-0.15, -0.1) is 0 Å². The lowest BCUT2D eigenvalue weighted by Crippen LogP contribution is -2.17. The van der Waals surface area contributed by atoms with Crippen LogP contribution >= 0.6 is 11.6 Å². The first kappa shape index (κ1) is 11.9. The van der Waals surface area contributed by atoms with Crippen molar-refractivity contribution in [2.75, 3.05) is 23.3 Å². The monoisotopic (exact) mass is 233 g/mol. The molecule has 1 atom stereocenters. The number of nitrogen functional groups attached to an aromatic ring is 2. The van der Waals surface area contributed by atoms with Gasteiger partial charge in [0.2, 0.25) is 0 Å². The summed E-state index contributed by atoms with van der Waals surface area (Å²) in [6.07, 6.45) is -0.611. The van der Waals surface area contributed by atoms with Gasteiger partial charge in [0.15, 0.2) is 5.82 Å². The van der Waals surface area contributed by atoms with Crippen LogP contribution < -0.4 is 16.8 Å². The van der Waals surface area contributed by atoms with Gasteiger partial charge in [-0.3, -0.25) is 0 Å². The zero-order valence-corrected chi connectivity index (χ0v) is 8.98. The Labute approximate surface area is 92.0 Å². The lowest BCUT2D eigenvalue weighted by molar-refractivity contribution is 0.208. The van der Waals surface area contributed by atoms with Crippen molar-refractivity contribution in [2.45, 2.75) is 13.0 Å². The van der Waals surface area contributed by atoms with Crippen molar-refractivity contribution in [2.24, 2.45) is 0 Å². The summed E-state index contributed by atoms with van der Waals surface area (Å²) in [7, 11) is 0. The molecule has 0 amide bonds. The number of nitrogens with two attached hydrogens (primary N) is 2. The zero-order chi connectivity index (χ0) is 11.6. The van der Waals surface area contributed by atoms with Crippen LogP contribution in [0.25, 0.3) is 0 Å². The lowest BCUT2D eigenvalue weighted by atomic mass is 10.2. The third kappa shape index (κ3) is 2.64. The van der Waals surface area contributed by atoms with E-state index in [4.69, 9.17) is 28.2 Å². The van der Waals surface area contributed by atoms with E-state index in [0.717, 1.165) is 0 Å². The molecule has 1 rings (SSSR count). The largest absolute Gasteiger partial charge is 0.397 e. The Morgan fingerprint density at radius 2 is 2.13 bits per heavy atom. The SMILES string of the molecule is CC(O)CNc1c(N)cc(N)c(Cl)c1F. The first-order valence-corrected chi connectivity index (χ1v) is 4.76. The van der Waals surface area contributed by atoms with Crippen LogP contribution in [0, 0.1) is 5.82 Å². The van der Waals surface area contributed by atoms with Gasteiger partial charge in [-0.25, -0.2) is 4.39 Å². The maximum Gasteiger partial charge on any atom is 0.169 e. The average molecular weight is 234 g/mol. The molecule has 6 N–H and O–H groups in total. The standard InChI is InChI=1S/C9H13ClFN3O/c1-4(15)3-14-9-6(13)2-5(12)7(10)8(9)11/h2,4,14-15H,3,12-13H2,1H3. The van der Waals surface area contributed by atoms with E-state index < -0.39 is 11.9 Å². The minimum absolute atomic E-state index is 0.0649. The summed E-state index contributed by atoms with van der Waals surface area (Å²) >= 11 is 5.61. The number of hydrogen-bond acceptors (Lipinski definition) is 4. The van der Waals surface area contributed by atoms with Gasteiger partial charge < -0.3 is 21.9 Å². The molecule has 0 fully saturated rings. The van der Waals surface area contributed by atoms with Crippen LogP contribution in [0.15, 0.2) is 6.07 Å². The molecule has 0 spiro atoms. The lowest BCUT2D eigenvalue weighted by Gasteiger charge is -2.13. The molecule has 0 saturated carbocycles. The summed E-state index contributed by atoms with van der Waals surface area (Å²) in [5.74, 6) is -0.699. The molecule has 0 aromatic heterocycles. The van der Waals surface area contributed by atoms with Crippen molar-refractivity contribution in [1.82, 2.24) is 0 Å². The quantitative estimate of drug-likeness (QED) is 0.595. The van der Waals surface area contributed by atoms with Gasteiger partial charge in [0, 0.05) is 6.54 Å². The smallest absolute Gasteiger partial charge is 0.169 e. The minimum atomic E-state index is -0.699. The summed E-state index contributed by atoms with van der Waals surface area (Å²) in [6, 6.07) is 1.37. The van der Waals surface area contributed by atoms with Crippen LogP contribution in [-0.2, 0) is 0 Å². The summed E-state index contributed by atoms with van der Waals surface area (Å²) in [5, 5.41) is 11.5. The fraction of sp³-hybridized carbons (Fsp3) is 0.333. The van der Waals surface area contributed by atoms with Crippen LogP contribution in [0.5, 0.6) is 0 Å². The van der Waals surface area contributed by atoms with Crippen molar-refractivity contribution in [3.8, 4) is 0 Å². The predicted molar refractivity (Wildman–Crippen MR) is 60.4 cm³/mol. The second-order valence-electron chi connectivity index (χ2n) is 3.29. The molecule has 1 aromatic carbocycles. The van der Waals surface area contributed by atoms with Crippen LogP contribution in [0.4, 0.5) is 21.5 Å². The molecule has 0 aliphatic rings. The molecule has 15 heavy (non-hydrogen) atoms. The van der Waals surface area contributed by atoms with E-state index in [1.165, 1.54) is 6.07 Å². The average Bonchev–Trinajstić information content (AvgIpc) is 2.14. The number of anilines is 3. The molecule has 4 nitrogen and oxygen atoms in total. The highest BCUT2D eigenvalue weighted by Crippen LogP contribution is 2.33. The van der Waals surface area contributed by atoms with Crippen molar-refractivity contribution >= 4 is 28.7 Å². The van der Waals surface area contributed by atoms with E-state index >= 15 is 0 Å². The van der Waals surface area contributed by atoms with Crippen molar-refractivity contribution in [1.29, 1.82) is 0 Å². The summed E-state index contributed by atoms with van der Waals surface area (Å²) < 4.78 is 13.5. The van der Waals surface area contributed by atoms with E-state index in [0.29, 0.717) is 0 Å². The molecule has 1 aromatic rings. The Hall–Kier alpha value is -1.20. The topological polar surface area (TPSA) is 84.3 Å². The van der Waals surface area contributed by atoms with Crippen LogP contribution in [0.2, 0.25) is 5.02 Å². The van der Waals surface area contributed by atoms with Crippen molar-refractivity contribution < 1.29 is 9.50 Å². The zero-order valence-electron chi connectivity index (χ0n) is 8.22. The molecule has 0 aliphatic heterocycles. The molecule has 0 radical (unpaired) electrons. The predicted octanol–water partition coefficient (Wildman–Crippen LogP) is 1.44. The first-order chi connectivity index (χ1) is 6.93. The maximum absolute atomic E-state index is 13.5. The molecule has 0 aliphatic carbocycles. The Morgan fingerprint density at radius 1 is 1.53 bits per heavy atom. The molecular weight excluding hydrogens is 221 g/mol. The molecule has 0 saturated heterocycles. The number of aliphatic hydroxyl groups excluding tert-OH is 1. The van der Waals surface area contributed by atoms with Gasteiger partial charge >= 0.3 is 0 Å². The number of halogens is 2. The molecule has 84 valence electrons. The highest BCUT2D eigenvalue weighted by atomic mass is 35.5. The van der Waals surface area contributed by atoms with Gasteiger partial charge in [-0.2, -0.15) is 0 Å². The molecule has 0 bridgehead atoms. The third-order valence-electron chi connectivity index (χ3n) is 1.84. The Morgan fingerprint density at radius 3 is 2.67 bits per heavy atom. The molecule has 1 unspecified atom stereocenters. The molecule has 0 heterocycles. The van der Waals surface area contributed by atoms with E-state index in [-0.39, 0.29) is 28.6 Å². The normalized spacial score (nSPS) is 12.5. The Kier molecular flexibility index (Phi) is 3.60. The van der Waals surface area contributed by atoms with E-state index in [1.807, 2.05) is 0 Å². The summed E-state index contributed by atoms with van der Waals surface area (Å²) in [6.45, 7) is 1.75. The number of rotatable bonds is 3. The second-order valence-corrected chi connectivity index (χ2v) is 3.67. The van der Waals surface area contributed by atoms with Crippen molar-refractivity contribution in [3.05, 3.63) is 16.9 Å². The third-order valence-corrected chi connectivity index (χ3v) is 2.22. The highest BCUT2D eigenvalue weighted by molar-refractivity contribution is 6.33. The fourth-order valence-electron chi connectivity index (χ4n) is 1.10.